The molecule has 3 aromatic heterocycles. The van der Waals surface area contributed by atoms with Gasteiger partial charge in [0.15, 0.2) is 0 Å². The summed E-state index contributed by atoms with van der Waals surface area (Å²) in [4.78, 5) is 28.5. The number of benzene rings is 2. The zero-order valence-electron chi connectivity index (χ0n) is 20.4. The molecule has 35 heavy (non-hydrogen) atoms. The molecule has 0 aliphatic rings. The predicted molar refractivity (Wildman–Crippen MR) is 137 cm³/mol. The molecule has 0 fully saturated rings. The molecule has 8 heteroatoms. The molecule has 1 amide bonds. The summed E-state index contributed by atoms with van der Waals surface area (Å²) in [5.41, 5.74) is 5.04. The molecule has 2 aromatic carbocycles. The molecule has 8 nitrogen and oxygen atoms in total. The number of pyridine rings is 1. The van der Waals surface area contributed by atoms with Crippen LogP contribution in [0.25, 0.3) is 32.9 Å². The van der Waals surface area contributed by atoms with E-state index in [0.29, 0.717) is 28.9 Å². The summed E-state index contributed by atoms with van der Waals surface area (Å²) in [6.07, 6.45) is 3.59. The molecule has 0 atom stereocenters. The van der Waals surface area contributed by atoms with Crippen LogP contribution in [0.3, 0.4) is 0 Å². The normalized spacial score (nSPS) is 11.3. The van der Waals surface area contributed by atoms with Crippen molar-refractivity contribution in [2.24, 2.45) is 14.1 Å². The highest BCUT2D eigenvalue weighted by Gasteiger charge is 2.20. The fourth-order valence-electron chi connectivity index (χ4n) is 4.47. The summed E-state index contributed by atoms with van der Waals surface area (Å²) in [7, 11) is 3.59. The SMILES string of the molecule is CCNC(=O)c1cc2c(-c3cc4c(cnn4C)cc3Oc3c(C)cccc3C)cn(C)c(=O)c2[nH]1. The number of amides is 1. The molecule has 0 saturated carbocycles. The number of hydrogen-bond donors (Lipinski definition) is 2. The third-order valence-corrected chi connectivity index (χ3v) is 6.31. The molecule has 0 saturated heterocycles. The minimum atomic E-state index is -0.259. The van der Waals surface area contributed by atoms with Crippen LogP contribution in [0, 0.1) is 13.8 Å². The number of ether oxygens (including phenoxy) is 1. The number of hydrogen-bond acceptors (Lipinski definition) is 4. The molecule has 2 N–H and O–H groups in total. The summed E-state index contributed by atoms with van der Waals surface area (Å²) in [6, 6.07) is 11.7. The maximum atomic E-state index is 13.0. The Kier molecular flexibility index (Phi) is 5.43. The van der Waals surface area contributed by atoms with Gasteiger partial charge in [0.25, 0.3) is 11.5 Å². The first-order chi connectivity index (χ1) is 16.8. The molecule has 178 valence electrons. The monoisotopic (exact) mass is 469 g/mol. The standard InChI is InChI=1S/C27H27N5O3/c1-6-28-26(33)21-11-19-20(14-31(4)27(34)24(19)30-21)18-12-22-17(13-29-32(22)5)10-23(18)35-25-15(2)8-7-9-16(25)3/h7-14,30H,6H2,1-5H3,(H,28,33). The molecular formula is C27H27N5O3. The fraction of sp³-hybridized carbons (Fsp3) is 0.222. The van der Waals surface area contributed by atoms with Crippen molar-refractivity contribution in [1.29, 1.82) is 0 Å². The molecule has 0 radical (unpaired) electrons. The highest BCUT2D eigenvalue weighted by Crippen LogP contribution is 2.40. The molecule has 0 unspecified atom stereocenters. The van der Waals surface area contributed by atoms with Crippen molar-refractivity contribution < 1.29 is 9.53 Å². The molecule has 5 rings (SSSR count). The van der Waals surface area contributed by atoms with Crippen LogP contribution in [0.5, 0.6) is 11.5 Å². The molecular weight excluding hydrogens is 442 g/mol. The highest BCUT2D eigenvalue weighted by atomic mass is 16.5. The van der Waals surface area contributed by atoms with E-state index in [2.05, 4.69) is 15.4 Å². The van der Waals surface area contributed by atoms with E-state index in [9.17, 15) is 9.59 Å². The second-order valence-corrected chi connectivity index (χ2v) is 8.79. The van der Waals surface area contributed by atoms with Gasteiger partial charge in [0.1, 0.15) is 22.7 Å². The Balaban J connectivity index is 1.80. The Labute approximate surface area is 202 Å². The van der Waals surface area contributed by atoms with Crippen LogP contribution in [0.15, 0.2) is 53.6 Å². The van der Waals surface area contributed by atoms with Crippen molar-refractivity contribution in [2.45, 2.75) is 20.8 Å². The Morgan fingerprint density at radius 1 is 1.11 bits per heavy atom. The smallest absolute Gasteiger partial charge is 0.274 e. The Morgan fingerprint density at radius 2 is 1.86 bits per heavy atom. The number of nitrogens with one attached hydrogen (secondary N) is 2. The zero-order chi connectivity index (χ0) is 24.9. The first kappa shape index (κ1) is 22.5. The largest absolute Gasteiger partial charge is 0.456 e. The van der Waals surface area contributed by atoms with E-state index in [0.717, 1.165) is 38.9 Å². The van der Waals surface area contributed by atoms with Crippen molar-refractivity contribution in [3.63, 3.8) is 0 Å². The van der Waals surface area contributed by atoms with Gasteiger partial charge in [0, 0.05) is 48.7 Å². The second-order valence-electron chi connectivity index (χ2n) is 8.79. The van der Waals surface area contributed by atoms with Crippen molar-refractivity contribution in [1.82, 2.24) is 24.6 Å². The van der Waals surface area contributed by atoms with Gasteiger partial charge in [0.05, 0.1) is 11.7 Å². The van der Waals surface area contributed by atoms with Gasteiger partial charge in [-0.3, -0.25) is 14.3 Å². The fourth-order valence-corrected chi connectivity index (χ4v) is 4.47. The lowest BCUT2D eigenvalue weighted by Crippen LogP contribution is -2.23. The Hall–Kier alpha value is -4.33. The first-order valence-corrected chi connectivity index (χ1v) is 11.5. The van der Waals surface area contributed by atoms with Crippen LogP contribution in [-0.2, 0) is 14.1 Å². The number of nitrogens with zero attached hydrogens (tertiary/aromatic N) is 3. The topological polar surface area (TPSA) is 93.9 Å². The summed E-state index contributed by atoms with van der Waals surface area (Å²) >= 11 is 0. The number of fused-ring (bicyclic) bond motifs is 2. The first-order valence-electron chi connectivity index (χ1n) is 11.5. The summed E-state index contributed by atoms with van der Waals surface area (Å²) in [5, 5.41) is 8.78. The average Bonchev–Trinajstić information content (AvgIpc) is 3.43. The zero-order valence-corrected chi connectivity index (χ0v) is 20.4. The van der Waals surface area contributed by atoms with E-state index in [1.165, 1.54) is 4.57 Å². The molecule has 0 aliphatic carbocycles. The molecule has 3 heterocycles. The number of carbonyl (C=O) groups excluding carboxylic acids is 1. The third-order valence-electron chi connectivity index (χ3n) is 6.31. The number of carbonyl (C=O) groups is 1. The quantitative estimate of drug-likeness (QED) is 0.394. The van der Waals surface area contributed by atoms with Crippen LogP contribution in [0.1, 0.15) is 28.5 Å². The number of para-hydroxylation sites is 1. The number of aryl methyl sites for hydroxylation is 4. The van der Waals surface area contributed by atoms with E-state index < -0.39 is 0 Å². The van der Waals surface area contributed by atoms with Crippen LogP contribution >= 0.6 is 0 Å². The molecule has 5 aromatic rings. The Morgan fingerprint density at radius 3 is 2.57 bits per heavy atom. The van der Waals surface area contributed by atoms with Crippen molar-refractivity contribution >= 4 is 27.7 Å². The van der Waals surface area contributed by atoms with Gasteiger partial charge in [-0.25, -0.2) is 0 Å². The molecule has 0 spiro atoms. The van der Waals surface area contributed by atoms with Crippen molar-refractivity contribution in [3.8, 4) is 22.6 Å². The van der Waals surface area contributed by atoms with Gasteiger partial charge in [-0.05, 0) is 50.1 Å². The third kappa shape index (κ3) is 3.77. The van der Waals surface area contributed by atoms with Crippen LogP contribution in [0.4, 0.5) is 0 Å². The van der Waals surface area contributed by atoms with E-state index in [4.69, 9.17) is 4.74 Å². The van der Waals surface area contributed by atoms with Crippen molar-refractivity contribution in [2.75, 3.05) is 6.54 Å². The Bertz CT molecular complexity index is 1650. The second kappa shape index (κ2) is 8.47. The van der Waals surface area contributed by atoms with Crippen molar-refractivity contribution in [3.05, 3.63) is 76.0 Å². The highest BCUT2D eigenvalue weighted by molar-refractivity contribution is 6.04. The van der Waals surface area contributed by atoms with Gasteiger partial charge >= 0.3 is 0 Å². The summed E-state index contributed by atoms with van der Waals surface area (Å²) < 4.78 is 9.86. The number of aromatic nitrogens is 4. The van der Waals surface area contributed by atoms with Crippen LogP contribution in [0.2, 0.25) is 0 Å². The lowest BCUT2D eigenvalue weighted by atomic mass is 10.0. The summed E-state index contributed by atoms with van der Waals surface area (Å²) in [6.45, 7) is 6.37. The van der Waals surface area contributed by atoms with Gasteiger partial charge < -0.3 is 19.6 Å². The number of H-pyrrole nitrogens is 1. The molecule has 0 bridgehead atoms. The van der Waals surface area contributed by atoms with Gasteiger partial charge in [-0.1, -0.05) is 18.2 Å². The van der Waals surface area contributed by atoms with Gasteiger partial charge in [-0.2, -0.15) is 5.10 Å². The van der Waals surface area contributed by atoms with Gasteiger partial charge in [0.2, 0.25) is 0 Å². The number of aromatic amines is 1. The van der Waals surface area contributed by atoms with E-state index in [-0.39, 0.29) is 11.5 Å². The average molecular weight is 470 g/mol. The lowest BCUT2D eigenvalue weighted by Gasteiger charge is -2.17. The van der Waals surface area contributed by atoms with Gasteiger partial charge in [-0.15, -0.1) is 0 Å². The van der Waals surface area contributed by atoms with E-state index in [1.54, 1.807) is 30.2 Å². The minimum Gasteiger partial charge on any atom is -0.456 e. The predicted octanol–water partition coefficient (Wildman–Crippen LogP) is 4.58. The van der Waals surface area contributed by atoms with Crippen LogP contribution < -0.4 is 15.6 Å². The summed E-state index contributed by atoms with van der Waals surface area (Å²) in [5.74, 6) is 1.17. The maximum Gasteiger partial charge on any atom is 0.274 e. The maximum absolute atomic E-state index is 13.0. The van der Waals surface area contributed by atoms with E-state index in [1.807, 2.05) is 58.2 Å². The van der Waals surface area contributed by atoms with Crippen LogP contribution in [-0.4, -0.2) is 31.8 Å². The van der Waals surface area contributed by atoms with E-state index >= 15 is 0 Å². The molecule has 0 aliphatic heterocycles. The number of rotatable bonds is 5. The minimum absolute atomic E-state index is 0.210. The lowest BCUT2D eigenvalue weighted by molar-refractivity contribution is 0.0951.